The molecule has 1 aliphatic rings. The standard InChI is InChI=1S/C10H15NO2/c1-7(2)9(5-11)10(12)8-3-4-13-6-8/h7-9H,3-4,6H2,1-2H3. The van der Waals surface area contributed by atoms with Crippen LogP contribution in [0, 0.1) is 29.1 Å². The Kier molecular flexibility index (Phi) is 3.44. The van der Waals surface area contributed by atoms with E-state index in [-0.39, 0.29) is 17.6 Å². The molecular weight excluding hydrogens is 166 g/mol. The highest BCUT2D eigenvalue weighted by Crippen LogP contribution is 2.21. The molecule has 0 aromatic rings. The summed E-state index contributed by atoms with van der Waals surface area (Å²) in [6.45, 7) is 4.97. The Labute approximate surface area is 78.7 Å². The maximum Gasteiger partial charge on any atom is 0.155 e. The van der Waals surface area contributed by atoms with E-state index in [0.717, 1.165) is 6.42 Å². The van der Waals surface area contributed by atoms with Gasteiger partial charge in [-0.3, -0.25) is 4.79 Å². The summed E-state index contributed by atoms with van der Waals surface area (Å²) in [5.74, 6) is -0.313. The van der Waals surface area contributed by atoms with Crippen molar-refractivity contribution in [2.24, 2.45) is 17.8 Å². The van der Waals surface area contributed by atoms with Crippen molar-refractivity contribution in [1.29, 1.82) is 5.26 Å². The lowest BCUT2D eigenvalue weighted by Crippen LogP contribution is -2.26. The first kappa shape index (κ1) is 10.2. The Bertz CT molecular complexity index is 224. The number of nitriles is 1. The first-order valence-electron chi connectivity index (χ1n) is 4.68. The first-order valence-corrected chi connectivity index (χ1v) is 4.68. The van der Waals surface area contributed by atoms with Crippen LogP contribution in [0.2, 0.25) is 0 Å². The maximum atomic E-state index is 11.7. The first-order chi connectivity index (χ1) is 6.16. The van der Waals surface area contributed by atoms with Crippen LogP contribution in [-0.4, -0.2) is 19.0 Å². The van der Waals surface area contributed by atoms with Crippen LogP contribution < -0.4 is 0 Å². The van der Waals surface area contributed by atoms with Gasteiger partial charge in [-0.25, -0.2) is 0 Å². The highest BCUT2D eigenvalue weighted by atomic mass is 16.5. The average molecular weight is 181 g/mol. The molecule has 0 saturated carbocycles. The van der Waals surface area contributed by atoms with Crippen LogP contribution in [0.25, 0.3) is 0 Å². The molecule has 2 atom stereocenters. The van der Waals surface area contributed by atoms with Gasteiger partial charge in [0.1, 0.15) is 5.92 Å². The molecule has 0 bridgehead atoms. The van der Waals surface area contributed by atoms with Crippen molar-refractivity contribution in [3.8, 4) is 6.07 Å². The predicted molar refractivity (Wildman–Crippen MR) is 47.9 cm³/mol. The monoisotopic (exact) mass is 181 g/mol. The van der Waals surface area contributed by atoms with Gasteiger partial charge in [-0.05, 0) is 12.3 Å². The van der Waals surface area contributed by atoms with E-state index < -0.39 is 5.92 Å². The summed E-state index contributed by atoms with van der Waals surface area (Å²) in [5, 5.41) is 8.82. The Morgan fingerprint density at radius 1 is 1.62 bits per heavy atom. The number of rotatable bonds is 3. The van der Waals surface area contributed by atoms with Gasteiger partial charge < -0.3 is 4.74 Å². The van der Waals surface area contributed by atoms with Gasteiger partial charge in [0, 0.05) is 12.5 Å². The molecule has 13 heavy (non-hydrogen) atoms. The number of carbonyl (C=O) groups is 1. The Morgan fingerprint density at radius 3 is 2.69 bits per heavy atom. The molecule has 1 heterocycles. The van der Waals surface area contributed by atoms with Gasteiger partial charge in [0.2, 0.25) is 0 Å². The van der Waals surface area contributed by atoms with E-state index in [2.05, 4.69) is 6.07 Å². The molecule has 0 amide bonds. The molecule has 2 unspecified atom stereocenters. The van der Waals surface area contributed by atoms with Crippen LogP contribution >= 0.6 is 0 Å². The minimum Gasteiger partial charge on any atom is -0.381 e. The summed E-state index contributed by atoms with van der Waals surface area (Å²) in [4.78, 5) is 11.7. The van der Waals surface area contributed by atoms with Crippen molar-refractivity contribution in [3.63, 3.8) is 0 Å². The smallest absolute Gasteiger partial charge is 0.155 e. The minimum atomic E-state index is -0.452. The van der Waals surface area contributed by atoms with Crippen molar-refractivity contribution >= 4 is 5.78 Å². The fourth-order valence-corrected chi connectivity index (χ4v) is 1.55. The molecule has 0 aromatic heterocycles. The molecule has 1 aliphatic heterocycles. The van der Waals surface area contributed by atoms with Gasteiger partial charge in [0.15, 0.2) is 5.78 Å². The molecule has 3 nitrogen and oxygen atoms in total. The summed E-state index contributed by atoms with van der Waals surface area (Å²) < 4.78 is 5.12. The maximum absolute atomic E-state index is 11.7. The zero-order valence-corrected chi connectivity index (χ0v) is 8.12. The lowest BCUT2D eigenvalue weighted by atomic mass is 9.86. The topological polar surface area (TPSA) is 50.1 Å². The molecule has 0 radical (unpaired) electrons. The van der Waals surface area contributed by atoms with E-state index >= 15 is 0 Å². The Morgan fingerprint density at radius 2 is 2.31 bits per heavy atom. The summed E-state index contributed by atoms with van der Waals surface area (Å²) >= 11 is 0. The third-order valence-electron chi connectivity index (χ3n) is 2.44. The second-order valence-electron chi connectivity index (χ2n) is 3.81. The average Bonchev–Trinajstić information content (AvgIpc) is 2.56. The number of carbonyl (C=O) groups excluding carboxylic acids is 1. The van der Waals surface area contributed by atoms with Gasteiger partial charge in [0.05, 0.1) is 12.7 Å². The molecule has 0 spiro atoms. The van der Waals surface area contributed by atoms with Gasteiger partial charge >= 0.3 is 0 Å². The van der Waals surface area contributed by atoms with Crippen molar-refractivity contribution < 1.29 is 9.53 Å². The van der Waals surface area contributed by atoms with Crippen molar-refractivity contribution in [1.82, 2.24) is 0 Å². The number of hydrogen-bond donors (Lipinski definition) is 0. The molecule has 0 aromatic carbocycles. The van der Waals surface area contributed by atoms with Crippen LogP contribution in [-0.2, 0) is 9.53 Å². The lowest BCUT2D eigenvalue weighted by molar-refractivity contribution is -0.126. The second kappa shape index (κ2) is 4.38. The molecule has 0 aliphatic carbocycles. The number of Topliss-reactive ketones (excluding diaryl/α,β-unsaturated/α-hetero) is 1. The molecule has 1 saturated heterocycles. The molecule has 1 fully saturated rings. The molecular formula is C10H15NO2. The van der Waals surface area contributed by atoms with E-state index in [1.165, 1.54) is 0 Å². The van der Waals surface area contributed by atoms with E-state index in [9.17, 15) is 4.79 Å². The predicted octanol–water partition coefficient (Wildman–Crippen LogP) is 1.39. The fourth-order valence-electron chi connectivity index (χ4n) is 1.55. The summed E-state index contributed by atoms with van der Waals surface area (Å²) in [6.07, 6.45) is 0.781. The SMILES string of the molecule is CC(C)C(C#N)C(=O)C1CCOC1. The van der Waals surface area contributed by atoms with Gasteiger partial charge in [-0.1, -0.05) is 13.8 Å². The van der Waals surface area contributed by atoms with Crippen LogP contribution in [0.15, 0.2) is 0 Å². The lowest BCUT2D eigenvalue weighted by Gasteiger charge is -2.14. The van der Waals surface area contributed by atoms with Crippen LogP contribution in [0.3, 0.4) is 0 Å². The number of ketones is 1. The summed E-state index contributed by atoms with van der Waals surface area (Å²) in [5.41, 5.74) is 0. The quantitative estimate of drug-likeness (QED) is 0.661. The Hall–Kier alpha value is -0.880. The van der Waals surface area contributed by atoms with Gasteiger partial charge in [-0.2, -0.15) is 5.26 Å². The van der Waals surface area contributed by atoms with E-state index in [0.29, 0.717) is 13.2 Å². The van der Waals surface area contributed by atoms with Crippen molar-refractivity contribution in [2.45, 2.75) is 20.3 Å². The highest BCUT2D eigenvalue weighted by Gasteiger charge is 2.31. The molecule has 1 rings (SSSR count). The van der Waals surface area contributed by atoms with E-state index in [4.69, 9.17) is 10.00 Å². The largest absolute Gasteiger partial charge is 0.381 e. The van der Waals surface area contributed by atoms with Gasteiger partial charge in [-0.15, -0.1) is 0 Å². The molecule has 0 N–H and O–H groups in total. The minimum absolute atomic E-state index is 0.0351. The second-order valence-corrected chi connectivity index (χ2v) is 3.81. The number of nitrogens with zero attached hydrogens (tertiary/aromatic N) is 1. The van der Waals surface area contributed by atoms with Crippen molar-refractivity contribution in [3.05, 3.63) is 0 Å². The van der Waals surface area contributed by atoms with E-state index in [1.807, 2.05) is 13.8 Å². The Balaban J connectivity index is 2.59. The van der Waals surface area contributed by atoms with Crippen LogP contribution in [0.5, 0.6) is 0 Å². The zero-order valence-electron chi connectivity index (χ0n) is 8.12. The van der Waals surface area contributed by atoms with Crippen LogP contribution in [0.4, 0.5) is 0 Å². The highest BCUT2D eigenvalue weighted by molar-refractivity contribution is 5.86. The normalized spacial score (nSPS) is 24.3. The zero-order chi connectivity index (χ0) is 9.84. The third-order valence-corrected chi connectivity index (χ3v) is 2.44. The fraction of sp³-hybridized carbons (Fsp3) is 0.800. The number of ether oxygens (including phenoxy) is 1. The van der Waals surface area contributed by atoms with Crippen LogP contribution in [0.1, 0.15) is 20.3 Å². The van der Waals surface area contributed by atoms with E-state index in [1.54, 1.807) is 0 Å². The molecule has 3 heteroatoms. The third kappa shape index (κ3) is 2.28. The summed E-state index contributed by atoms with van der Waals surface area (Å²) in [7, 11) is 0. The van der Waals surface area contributed by atoms with Gasteiger partial charge in [0.25, 0.3) is 0 Å². The summed E-state index contributed by atoms with van der Waals surface area (Å²) in [6, 6.07) is 2.07. The van der Waals surface area contributed by atoms with Crippen molar-refractivity contribution in [2.75, 3.05) is 13.2 Å². The molecule has 72 valence electrons. The number of hydrogen-bond acceptors (Lipinski definition) is 3.